The molecule has 0 saturated carbocycles. The van der Waals surface area contributed by atoms with Crippen molar-refractivity contribution in [3.8, 4) is 0 Å². The van der Waals surface area contributed by atoms with E-state index in [-0.39, 0.29) is 29.8 Å². The molecule has 8 nitrogen and oxygen atoms in total. The van der Waals surface area contributed by atoms with E-state index in [1.165, 1.54) is 67.0 Å². The number of anilines is 2. The van der Waals surface area contributed by atoms with Gasteiger partial charge in [-0.05, 0) is 36.2 Å². The van der Waals surface area contributed by atoms with Crippen LogP contribution in [0.2, 0.25) is 5.02 Å². The van der Waals surface area contributed by atoms with Gasteiger partial charge in [0.1, 0.15) is 0 Å². The number of carbonyl (C=O) groups is 2. The van der Waals surface area contributed by atoms with Gasteiger partial charge in [0.25, 0.3) is 11.5 Å². The van der Waals surface area contributed by atoms with E-state index in [9.17, 15) is 14.4 Å². The fourth-order valence-corrected chi connectivity index (χ4v) is 5.53. The molecule has 0 bridgehead atoms. The summed E-state index contributed by atoms with van der Waals surface area (Å²) in [5.74, 6) is -0.117. The quantitative estimate of drug-likeness (QED) is 0.149. The Hall–Kier alpha value is -3.91. The molecule has 234 valence electrons. The second-order valence-electron chi connectivity index (χ2n) is 11.4. The van der Waals surface area contributed by atoms with Gasteiger partial charge >= 0.3 is 0 Å². The average molecular weight is 618 g/mol. The molecule has 2 N–H and O–H groups in total. The zero-order chi connectivity index (χ0) is 31.1. The lowest BCUT2D eigenvalue weighted by molar-refractivity contribution is -0.131. The highest BCUT2D eigenvalue weighted by Gasteiger charge is 2.38. The summed E-state index contributed by atoms with van der Waals surface area (Å²) < 4.78 is 1.35. The molecule has 1 aliphatic rings. The fourth-order valence-electron chi connectivity index (χ4n) is 5.37. The van der Waals surface area contributed by atoms with Crippen LogP contribution in [-0.2, 0) is 16.1 Å². The first kappa shape index (κ1) is 33.0. The molecular formula is C35H44ClN5O3. The van der Waals surface area contributed by atoms with E-state index < -0.39 is 6.04 Å². The van der Waals surface area contributed by atoms with E-state index in [4.69, 9.17) is 11.6 Å². The number of hydrogen-bond acceptors (Lipinski definition) is 5. The lowest BCUT2D eigenvalue weighted by atomic mass is 10.1. The number of hydrogen-bond donors (Lipinski definition) is 2. The number of pyridine rings is 1. The van der Waals surface area contributed by atoms with Crippen molar-refractivity contribution in [2.75, 3.05) is 10.6 Å². The Kier molecular flexibility index (Phi) is 13.0. The molecule has 2 heterocycles. The van der Waals surface area contributed by atoms with Crippen LogP contribution in [0.3, 0.4) is 0 Å². The largest absolute Gasteiger partial charge is 0.339 e. The zero-order valence-electron chi connectivity index (χ0n) is 25.6. The number of rotatable bonds is 17. The third-order valence-corrected chi connectivity index (χ3v) is 8.13. The Labute approximate surface area is 265 Å². The normalized spacial score (nSPS) is 14.5. The molecule has 9 heteroatoms. The van der Waals surface area contributed by atoms with E-state index in [2.05, 4.69) is 22.7 Å². The van der Waals surface area contributed by atoms with Crippen molar-refractivity contribution in [2.24, 2.45) is 5.10 Å². The lowest BCUT2D eigenvalue weighted by Gasteiger charge is -2.17. The molecule has 0 spiro atoms. The highest BCUT2D eigenvalue weighted by atomic mass is 35.5. The predicted molar refractivity (Wildman–Crippen MR) is 179 cm³/mol. The van der Waals surface area contributed by atoms with Gasteiger partial charge in [0.05, 0.1) is 17.3 Å². The van der Waals surface area contributed by atoms with Crippen molar-refractivity contribution >= 4 is 40.6 Å². The number of hydrazone groups is 1. The summed E-state index contributed by atoms with van der Waals surface area (Å²) >= 11 is 6.53. The van der Waals surface area contributed by atoms with Crippen LogP contribution >= 0.6 is 11.6 Å². The van der Waals surface area contributed by atoms with Crippen LogP contribution < -0.4 is 16.2 Å². The lowest BCUT2D eigenvalue weighted by Crippen LogP contribution is -2.37. The monoisotopic (exact) mass is 617 g/mol. The molecule has 2 amide bonds. The van der Waals surface area contributed by atoms with Crippen molar-refractivity contribution in [2.45, 2.75) is 96.6 Å². The van der Waals surface area contributed by atoms with Crippen LogP contribution in [0, 0.1) is 0 Å². The number of carbonyl (C=O) groups excluding carboxylic acids is 2. The van der Waals surface area contributed by atoms with Crippen LogP contribution in [0.4, 0.5) is 11.4 Å². The number of amidine groups is 1. The summed E-state index contributed by atoms with van der Waals surface area (Å²) in [6.07, 6.45) is 15.6. The summed E-state index contributed by atoms with van der Waals surface area (Å²) in [5, 5.41) is 12.5. The van der Waals surface area contributed by atoms with Crippen LogP contribution in [0.15, 0.2) is 82.8 Å². The number of unbranched alkanes of at least 4 members (excludes halogenated alkanes) is 10. The highest BCUT2D eigenvalue weighted by molar-refractivity contribution is 6.34. The molecule has 0 aliphatic carbocycles. The van der Waals surface area contributed by atoms with Crippen molar-refractivity contribution in [1.29, 1.82) is 0 Å². The minimum absolute atomic E-state index is 0.0506. The standard InChI is InChI=1S/C35H44ClN5O3/c1-2-3-4-5-6-7-8-9-10-11-15-20-31(42)37-28-22-23-29(36)30(25-28)38-34-33(40-24-17-16-21-32(40)43)35(44)41(39-34)26-27-18-13-12-14-19-27/h12-14,16-19,21-25,33H,2-11,15,20,26H2,1H3,(H,37,42)(H,38,39). The smallest absolute Gasteiger partial charge is 0.274 e. The number of halogens is 1. The van der Waals surface area contributed by atoms with E-state index >= 15 is 0 Å². The van der Waals surface area contributed by atoms with Gasteiger partial charge in [-0.3, -0.25) is 19.0 Å². The molecule has 4 rings (SSSR count). The average Bonchev–Trinajstić information content (AvgIpc) is 3.31. The number of nitrogens with zero attached hydrogens (tertiary/aromatic N) is 3. The molecule has 1 aromatic heterocycles. The number of benzene rings is 2. The van der Waals surface area contributed by atoms with Gasteiger partial charge in [-0.15, -0.1) is 0 Å². The maximum atomic E-state index is 13.5. The summed E-state index contributed by atoms with van der Waals surface area (Å²) in [7, 11) is 0. The summed E-state index contributed by atoms with van der Waals surface area (Å²) in [6.45, 7) is 2.50. The summed E-state index contributed by atoms with van der Waals surface area (Å²) in [6, 6.07) is 18.4. The van der Waals surface area contributed by atoms with Crippen LogP contribution in [0.5, 0.6) is 0 Å². The number of nitrogens with one attached hydrogen (secondary N) is 2. The number of aromatic nitrogens is 1. The van der Waals surface area contributed by atoms with Gasteiger partial charge in [-0.1, -0.05) is 119 Å². The summed E-state index contributed by atoms with van der Waals surface area (Å²) in [5.41, 5.74) is 1.65. The van der Waals surface area contributed by atoms with Crippen LogP contribution in [-0.4, -0.2) is 27.2 Å². The molecule has 1 aliphatic heterocycles. The minimum Gasteiger partial charge on any atom is -0.339 e. The second-order valence-corrected chi connectivity index (χ2v) is 11.8. The van der Waals surface area contributed by atoms with Gasteiger partial charge in [0.15, 0.2) is 11.9 Å². The fraction of sp³-hybridized carbons (Fsp3) is 0.429. The van der Waals surface area contributed by atoms with Gasteiger partial charge in [-0.25, -0.2) is 5.01 Å². The molecule has 0 saturated heterocycles. The van der Waals surface area contributed by atoms with E-state index in [0.717, 1.165) is 24.8 Å². The van der Waals surface area contributed by atoms with Gasteiger partial charge in [0, 0.05) is 24.4 Å². The topological polar surface area (TPSA) is 95.8 Å². The molecule has 44 heavy (non-hydrogen) atoms. The second kappa shape index (κ2) is 17.4. The van der Waals surface area contributed by atoms with Gasteiger partial charge in [-0.2, -0.15) is 5.10 Å². The molecule has 1 atom stereocenters. The third kappa shape index (κ3) is 9.81. The van der Waals surface area contributed by atoms with Crippen molar-refractivity contribution in [1.82, 2.24) is 9.58 Å². The Bertz CT molecular complexity index is 1460. The number of amides is 2. The molecule has 0 radical (unpaired) electrons. The molecule has 0 fully saturated rings. The SMILES string of the molecule is CCCCCCCCCCCCCC(=O)Nc1ccc(Cl)c(NC2=NN(Cc3ccccc3)C(=O)C2n2ccccc2=O)c1. The summed E-state index contributed by atoms with van der Waals surface area (Å²) in [4.78, 5) is 38.9. The Morgan fingerprint density at radius 2 is 1.50 bits per heavy atom. The van der Waals surface area contributed by atoms with E-state index in [1.807, 2.05) is 30.3 Å². The van der Waals surface area contributed by atoms with Crippen molar-refractivity contribution in [3.05, 3.63) is 93.9 Å². The minimum atomic E-state index is -0.984. The molecule has 2 aromatic carbocycles. The Morgan fingerprint density at radius 1 is 0.841 bits per heavy atom. The Morgan fingerprint density at radius 3 is 2.18 bits per heavy atom. The maximum absolute atomic E-state index is 13.5. The van der Waals surface area contributed by atoms with Gasteiger partial charge in [0.2, 0.25) is 5.91 Å². The predicted octanol–water partition coefficient (Wildman–Crippen LogP) is 8.15. The first-order chi connectivity index (χ1) is 21.5. The first-order valence-corrected chi connectivity index (χ1v) is 16.3. The molecular weight excluding hydrogens is 574 g/mol. The van der Waals surface area contributed by atoms with Crippen molar-refractivity contribution < 1.29 is 9.59 Å². The van der Waals surface area contributed by atoms with Gasteiger partial charge < -0.3 is 10.6 Å². The van der Waals surface area contributed by atoms with Crippen LogP contribution in [0.1, 0.15) is 95.6 Å². The maximum Gasteiger partial charge on any atom is 0.274 e. The molecule has 3 aromatic rings. The third-order valence-electron chi connectivity index (χ3n) is 7.80. The highest BCUT2D eigenvalue weighted by Crippen LogP contribution is 2.29. The van der Waals surface area contributed by atoms with Crippen molar-refractivity contribution in [3.63, 3.8) is 0 Å². The van der Waals surface area contributed by atoms with E-state index in [0.29, 0.717) is 22.8 Å². The zero-order valence-corrected chi connectivity index (χ0v) is 26.4. The van der Waals surface area contributed by atoms with E-state index in [1.54, 1.807) is 36.5 Å². The molecule has 1 unspecified atom stereocenters. The first-order valence-electron chi connectivity index (χ1n) is 15.9. The Balaban J connectivity index is 1.34. The van der Waals surface area contributed by atoms with Crippen LogP contribution in [0.25, 0.3) is 0 Å².